The maximum atomic E-state index is 12.1. The van der Waals surface area contributed by atoms with E-state index in [1.54, 1.807) is 6.20 Å². The van der Waals surface area contributed by atoms with E-state index in [4.69, 9.17) is 9.84 Å². The highest BCUT2D eigenvalue weighted by molar-refractivity contribution is 6.04. The molecule has 1 heterocycles. The average Bonchev–Trinajstić information content (AvgIpc) is 2.92. The molecule has 0 saturated heterocycles. The van der Waals surface area contributed by atoms with Crippen LogP contribution >= 0.6 is 0 Å². The molecular formula is C16H11NO4. The van der Waals surface area contributed by atoms with E-state index in [9.17, 15) is 9.59 Å². The number of ether oxygens (including phenoxy) is 1. The molecule has 0 spiro atoms. The molecule has 0 fully saturated rings. The standard InChI is InChI=1S/C16H11NO4/c18-15(19)10-5-7-11(8-6-10)21-16(20)13-9-17-14-4-2-1-3-12(13)14/h1-9,17H,(H,18,19). The van der Waals surface area contributed by atoms with E-state index in [1.165, 1.54) is 24.3 Å². The molecule has 0 amide bonds. The van der Waals surface area contributed by atoms with Gasteiger partial charge in [0, 0.05) is 17.1 Å². The number of nitrogens with one attached hydrogen (secondary N) is 1. The smallest absolute Gasteiger partial charge is 0.345 e. The van der Waals surface area contributed by atoms with Crippen LogP contribution in [0.3, 0.4) is 0 Å². The number of carboxylic acid groups (broad SMARTS) is 1. The average molecular weight is 281 g/mol. The molecule has 0 atom stereocenters. The minimum atomic E-state index is -1.02. The third-order valence-corrected chi connectivity index (χ3v) is 3.12. The summed E-state index contributed by atoms with van der Waals surface area (Å²) in [6.07, 6.45) is 1.60. The molecule has 3 aromatic rings. The fourth-order valence-corrected chi connectivity index (χ4v) is 2.07. The van der Waals surface area contributed by atoms with Crippen LogP contribution in [-0.4, -0.2) is 22.0 Å². The number of carbonyl (C=O) groups is 2. The highest BCUT2D eigenvalue weighted by atomic mass is 16.5. The Morgan fingerprint density at radius 2 is 1.71 bits per heavy atom. The molecule has 5 heteroatoms. The van der Waals surface area contributed by atoms with E-state index < -0.39 is 11.9 Å². The zero-order chi connectivity index (χ0) is 14.8. The number of para-hydroxylation sites is 1. The Labute approximate surface area is 119 Å². The van der Waals surface area contributed by atoms with Crippen molar-refractivity contribution in [1.29, 1.82) is 0 Å². The number of esters is 1. The lowest BCUT2D eigenvalue weighted by atomic mass is 10.2. The molecule has 21 heavy (non-hydrogen) atoms. The molecule has 0 unspecified atom stereocenters. The number of H-pyrrole nitrogens is 1. The summed E-state index contributed by atoms with van der Waals surface area (Å²) in [4.78, 5) is 25.9. The number of aromatic nitrogens is 1. The monoisotopic (exact) mass is 281 g/mol. The summed E-state index contributed by atoms with van der Waals surface area (Å²) in [7, 11) is 0. The summed E-state index contributed by atoms with van der Waals surface area (Å²) in [5.41, 5.74) is 1.43. The Kier molecular flexibility index (Phi) is 3.16. The molecule has 0 radical (unpaired) electrons. The van der Waals surface area contributed by atoms with Gasteiger partial charge in [0.1, 0.15) is 5.75 Å². The summed E-state index contributed by atoms with van der Waals surface area (Å²) in [6, 6.07) is 13.1. The van der Waals surface area contributed by atoms with Crippen molar-refractivity contribution in [3.63, 3.8) is 0 Å². The number of carbonyl (C=O) groups excluding carboxylic acids is 1. The van der Waals surface area contributed by atoms with Gasteiger partial charge in [-0.15, -0.1) is 0 Å². The van der Waals surface area contributed by atoms with Crippen LogP contribution in [0.15, 0.2) is 54.7 Å². The van der Waals surface area contributed by atoms with E-state index in [-0.39, 0.29) is 5.56 Å². The van der Waals surface area contributed by atoms with Gasteiger partial charge in [0.15, 0.2) is 0 Å². The molecule has 3 rings (SSSR count). The number of carboxylic acids is 1. The number of rotatable bonds is 3. The Morgan fingerprint density at radius 1 is 1.00 bits per heavy atom. The minimum absolute atomic E-state index is 0.141. The van der Waals surface area contributed by atoms with E-state index in [0.717, 1.165) is 10.9 Å². The quantitative estimate of drug-likeness (QED) is 0.571. The second-order valence-corrected chi connectivity index (χ2v) is 4.47. The number of fused-ring (bicyclic) bond motifs is 1. The van der Waals surface area contributed by atoms with Crippen molar-refractivity contribution in [3.8, 4) is 5.75 Å². The topological polar surface area (TPSA) is 79.4 Å². The molecule has 5 nitrogen and oxygen atoms in total. The normalized spacial score (nSPS) is 10.5. The zero-order valence-electron chi connectivity index (χ0n) is 10.9. The second-order valence-electron chi connectivity index (χ2n) is 4.47. The third kappa shape index (κ3) is 2.49. The summed E-state index contributed by atoms with van der Waals surface area (Å²) >= 11 is 0. The predicted molar refractivity (Wildman–Crippen MR) is 76.7 cm³/mol. The number of aromatic carboxylic acids is 1. The van der Waals surface area contributed by atoms with Gasteiger partial charge in [0.25, 0.3) is 0 Å². The lowest BCUT2D eigenvalue weighted by Gasteiger charge is -2.03. The molecule has 0 aliphatic heterocycles. The Hall–Kier alpha value is -3.08. The zero-order valence-corrected chi connectivity index (χ0v) is 10.9. The lowest BCUT2D eigenvalue weighted by Crippen LogP contribution is -2.08. The van der Waals surface area contributed by atoms with Gasteiger partial charge in [-0.3, -0.25) is 0 Å². The SMILES string of the molecule is O=C(O)c1ccc(OC(=O)c2c[nH]c3ccccc23)cc1. The molecule has 0 aliphatic rings. The summed E-state index contributed by atoms with van der Waals surface area (Å²) in [5, 5.41) is 9.60. The first-order chi connectivity index (χ1) is 10.1. The van der Waals surface area contributed by atoms with Crippen molar-refractivity contribution >= 4 is 22.8 Å². The molecule has 0 saturated carbocycles. The van der Waals surface area contributed by atoms with Crippen LogP contribution in [0.2, 0.25) is 0 Å². The van der Waals surface area contributed by atoms with Crippen molar-refractivity contribution in [2.24, 2.45) is 0 Å². The molecule has 1 aromatic heterocycles. The van der Waals surface area contributed by atoms with E-state index in [0.29, 0.717) is 11.3 Å². The first-order valence-electron chi connectivity index (χ1n) is 6.27. The van der Waals surface area contributed by atoms with Gasteiger partial charge >= 0.3 is 11.9 Å². The fraction of sp³-hybridized carbons (Fsp3) is 0. The highest BCUT2D eigenvalue weighted by Gasteiger charge is 2.14. The third-order valence-electron chi connectivity index (χ3n) is 3.12. The highest BCUT2D eigenvalue weighted by Crippen LogP contribution is 2.20. The second kappa shape index (κ2) is 5.13. The Morgan fingerprint density at radius 3 is 2.43 bits per heavy atom. The molecule has 2 aromatic carbocycles. The maximum Gasteiger partial charge on any atom is 0.345 e. The van der Waals surface area contributed by atoms with Crippen molar-refractivity contribution in [2.45, 2.75) is 0 Å². The molecular weight excluding hydrogens is 270 g/mol. The molecule has 2 N–H and O–H groups in total. The largest absolute Gasteiger partial charge is 0.478 e. The van der Waals surface area contributed by atoms with Crippen LogP contribution in [0.25, 0.3) is 10.9 Å². The van der Waals surface area contributed by atoms with Crippen LogP contribution < -0.4 is 4.74 Å². The van der Waals surface area contributed by atoms with E-state index in [2.05, 4.69) is 4.98 Å². The van der Waals surface area contributed by atoms with Gasteiger partial charge in [-0.05, 0) is 30.3 Å². The summed E-state index contributed by atoms with van der Waals surface area (Å²) < 4.78 is 5.25. The maximum absolute atomic E-state index is 12.1. The molecule has 0 bridgehead atoms. The summed E-state index contributed by atoms with van der Waals surface area (Å²) in [6.45, 7) is 0. The first-order valence-corrected chi connectivity index (χ1v) is 6.27. The van der Waals surface area contributed by atoms with Gasteiger partial charge in [-0.1, -0.05) is 18.2 Å². The number of hydrogen-bond acceptors (Lipinski definition) is 3. The van der Waals surface area contributed by atoms with Crippen molar-refractivity contribution in [3.05, 3.63) is 65.9 Å². The van der Waals surface area contributed by atoms with Gasteiger partial charge in [0.05, 0.1) is 11.1 Å². The number of aromatic amines is 1. The van der Waals surface area contributed by atoms with Crippen LogP contribution in [0.5, 0.6) is 5.75 Å². The van der Waals surface area contributed by atoms with Gasteiger partial charge in [0.2, 0.25) is 0 Å². The van der Waals surface area contributed by atoms with Crippen molar-refractivity contribution < 1.29 is 19.4 Å². The Bertz CT molecular complexity index is 818. The van der Waals surface area contributed by atoms with Gasteiger partial charge < -0.3 is 14.8 Å². The summed E-state index contributed by atoms with van der Waals surface area (Å²) in [5.74, 6) is -1.21. The minimum Gasteiger partial charge on any atom is -0.478 e. The lowest BCUT2D eigenvalue weighted by molar-refractivity contribution is 0.0696. The predicted octanol–water partition coefficient (Wildman–Crippen LogP) is 3.09. The molecule has 104 valence electrons. The van der Waals surface area contributed by atoms with Gasteiger partial charge in [-0.2, -0.15) is 0 Å². The van der Waals surface area contributed by atoms with Crippen molar-refractivity contribution in [2.75, 3.05) is 0 Å². The van der Waals surface area contributed by atoms with E-state index in [1.807, 2.05) is 24.3 Å². The number of hydrogen-bond donors (Lipinski definition) is 2. The van der Waals surface area contributed by atoms with Crippen LogP contribution in [0.4, 0.5) is 0 Å². The van der Waals surface area contributed by atoms with E-state index >= 15 is 0 Å². The number of benzene rings is 2. The van der Waals surface area contributed by atoms with Gasteiger partial charge in [-0.25, -0.2) is 9.59 Å². The molecule has 0 aliphatic carbocycles. The van der Waals surface area contributed by atoms with Crippen molar-refractivity contribution in [1.82, 2.24) is 4.98 Å². The van der Waals surface area contributed by atoms with Crippen LogP contribution in [0.1, 0.15) is 20.7 Å². The fourth-order valence-electron chi connectivity index (χ4n) is 2.07. The van der Waals surface area contributed by atoms with Crippen LogP contribution in [0, 0.1) is 0 Å². The first kappa shape index (κ1) is 12.9. The Balaban J connectivity index is 1.84. The van der Waals surface area contributed by atoms with Crippen LogP contribution in [-0.2, 0) is 0 Å².